The minimum atomic E-state index is 0.199. The molecular formula is C12H16BrNOS. The van der Waals surface area contributed by atoms with Crippen molar-refractivity contribution in [2.75, 3.05) is 13.1 Å². The van der Waals surface area contributed by atoms with Gasteiger partial charge in [-0.05, 0) is 53.2 Å². The summed E-state index contributed by atoms with van der Waals surface area (Å²) in [6.45, 7) is 3.95. The second-order valence-corrected chi connectivity index (χ2v) is 6.76. The van der Waals surface area contributed by atoms with E-state index < -0.39 is 0 Å². The van der Waals surface area contributed by atoms with Crippen LogP contribution >= 0.6 is 27.3 Å². The number of hydrogen-bond donors (Lipinski definition) is 0. The van der Waals surface area contributed by atoms with Crippen molar-refractivity contribution in [2.24, 2.45) is 5.92 Å². The molecule has 0 aliphatic heterocycles. The van der Waals surface area contributed by atoms with Gasteiger partial charge in [0.25, 0.3) is 5.91 Å². The molecule has 0 bridgehead atoms. The van der Waals surface area contributed by atoms with Gasteiger partial charge in [0, 0.05) is 13.1 Å². The molecule has 88 valence electrons. The molecule has 0 saturated heterocycles. The standard InChI is InChI=1S/C12H16BrNOS/c1-2-7-14(8-9-3-4-9)12(15)10-5-6-11(13)16-10/h5-6,9H,2-4,7-8H2,1H3. The van der Waals surface area contributed by atoms with E-state index in [4.69, 9.17) is 0 Å². The molecule has 0 spiro atoms. The Balaban J connectivity index is 2.02. The van der Waals surface area contributed by atoms with Crippen molar-refractivity contribution in [1.29, 1.82) is 0 Å². The first-order valence-corrected chi connectivity index (χ1v) is 7.36. The van der Waals surface area contributed by atoms with Gasteiger partial charge in [0.1, 0.15) is 0 Å². The SMILES string of the molecule is CCCN(CC1CC1)C(=O)c1ccc(Br)s1. The van der Waals surface area contributed by atoms with Crippen molar-refractivity contribution in [3.05, 3.63) is 20.8 Å². The van der Waals surface area contributed by atoms with Gasteiger partial charge in [0.05, 0.1) is 8.66 Å². The number of halogens is 1. The maximum Gasteiger partial charge on any atom is 0.263 e. The summed E-state index contributed by atoms with van der Waals surface area (Å²) in [5.74, 6) is 0.961. The Hall–Kier alpha value is -0.350. The fourth-order valence-electron chi connectivity index (χ4n) is 1.74. The van der Waals surface area contributed by atoms with E-state index in [9.17, 15) is 4.79 Å². The molecule has 0 atom stereocenters. The summed E-state index contributed by atoms with van der Waals surface area (Å²) in [7, 11) is 0. The highest BCUT2D eigenvalue weighted by Gasteiger charge is 2.27. The van der Waals surface area contributed by atoms with Crippen LogP contribution in [0.2, 0.25) is 0 Å². The topological polar surface area (TPSA) is 20.3 Å². The number of rotatable bonds is 5. The van der Waals surface area contributed by atoms with Crippen molar-refractivity contribution >= 4 is 33.2 Å². The summed E-state index contributed by atoms with van der Waals surface area (Å²) in [6, 6.07) is 3.85. The lowest BCUT2D eigenvalue weighted by molar-refractivity contribution is 0.0752. The van der Waals surface area contributed by atoms with Crippen molar-refractivity contribution in [3.63, 3.8) is 0 Å². The minimum Gasteiger partial charge on any atom is -0.338 e. The summed E-state index contributed by atoms with van der Waals surface area (Å²) in [5, 5.41) is 0. The normalized spacial score (nSPS) is 15.1. The fraction of sp³-hybridized carbons (Fsp3) is 0.583. The molecule has 1 aliphatic carbocycles. The smallest absolute Gasteiger partial charge is 0.263 e. The molecule has 2 rings (SSSR count). The van der Waals surface area contributed by atoms with Crippen LogP contribution in [0.1, 0.15) is 35.9 Å². The number of thiophene rings is 1. The third-order valence-corrected chi connectivity index (χ3v) is 4.35. The Morgan fingerprint density at radius 2 is 2.31 bits per heavy atom. The van der Waals surface area contributed by atoms with Gasteiger partial charge in [0.2, 0.25) is 0 Å². The molecule has 4 heteroatoms. The van der Waals surface area contributed by atoms with Crippen molar-refractivity contribution < 1.29 is 4.79 Å². The lowest BCUT2D eigenvalue weighted by atomic mass is 10.3. The monoisotopic (exact) mass is 301 g/mol. The van der Waals surface area contributed by atoms with Crippen LogP contribution in [0.4, 0.5) is 0 Å². The highest BCUT2D eigenvalue weighted by molar-refractivity contribution is 9.11. The maximum absolute atomic E-state index is 12.2. The third kappa shape index (κ3) is 3.08. The van der Waals surface area contributed by atoms with Crippen molar-refractivity contribution in [2.45, 2.75) is 26.2 Å². The van der Waals surface area contributed by atoms with E-state index in [1.165, 1.54) is 24.2 Å². The molecule has 1 aliphatic rings. The zero-order chi connectivity index (χ0) is 11.5. The largest absolute Gasteiger partial charge is 0.338 e. The summed E-state index contributed by atoms with van der Waals surface area (Å²) in [5.41, 5.74) is 0. The summed E-state index contributed by atoms with van der Waals surface area (Å²) >= 11 is 4.92. The molecular weight excluding hydrogens is 286 g/mol. The summed E-state index contributed by atoms with van der Waals surface area (Å²) in [4.78, 5) is 15.1. The molecule has 1 amide bonds. The third-order valence-electron chi connectivity index (χ3n) is 2.74. The molecule has 1 aromatic heterocycles. The van der Waals surface area contributed by atoms with E-state index in [0.717, 1.165) is 34.1 Å². The second-order valence-electron chi connectivity index (χ2n) is 4.30. The predicted molar refractivity (Wildman–Crippen MR) is 70.9 cm³/mol. The molecule has 0 unspecified atom stereocenters. The lowest BCUT2D eigenvalue weighted by Gasteiger charge is -2.21. The molecule has 1 saturated carbocycles. The van der Waals surface area contributed by atoms with Crippen molar-refractivity contribution in [1.82, 2.24) is 4.90 Å². The molecule has 0 aromatic carbocycles. The molecule has 1 heterocycles. The van der Waals surface area contributed by atoms with Crippen LogP contribution in [0.25, 0.3) is 0 Å². The average Bonchev–Trinajstić information content (AvgIpc) is 2.97. The van der Waals surface area contributed by atoms with Crippen LogP contribution in [0.3, 0.4) is 0 Å². The van der Waals surface area contributed by atoms with Crippen LogP contribution in [-0.2, 0) is 0 Å². The van der Waals surface area contributed by atoms with Crippen molar-refractivity contribution in [3.8, 4) is 0 Å². The predicted octanol–water partition coefficient (Wildman–Crippen LogP) is 3.77. The van der Waals surface area contributed by atoms with Gasteiger partial charge in [-0.15, -0.1) is 11.3 Å². The van der Waals surface area contributed by atoms with Gasteiger partial charge >= 0.3 is 0 Å². The number of carbonyl (C=O) groups excluding carboxylic acids is 1. The lowest BCUT2D eigenvalue weighted by Crippen LogP contribution is -2.33. The first-order valence-electron chi connectivity index (χ1n) is 5.75. The first-order chi connectivity index (χ1) is 7.70. The minimum absolute atomic E-state index is 0.199. The Bertz CT molecular complexity index is 373. The Morgan fingerprint density at radius 1 is 1.56 bits per heavy atom. The fourth-order valence-corrected chi connectivity index (χ4v) is 3.10. The van der Waals surface area contributed by atoms with E-state index in [0.29, 0.717) is 0 Å². The van der Waals surface area contributed by atoms with Crippen LogP contribution in [0.15, 0.2) is 15.9 Å². The zero-order valence-corrected chi connectivity index (χ0v) is 11.8. The molecule has 16 heavy (non-hydrogen) atoms. The second kappa shape index (κ2) is 5.32. The first kappa shape index (κ1) is 12.1. The molecule has 0 N–H and O–H groups in total. The highest BCUT2D eigenvalue weighted by Crippen LogP contribution is 2.31. The van der Waals surface area contributed by atoms with Gasteiger partial charge in [-0.1, -0.05) is 6.92 Å². The average molecular weight is 302 g/mol. The van der Waals surface area contributed by atoms with Gasteiger partial charge in [-0.25, -0.2) is 0 Å². The number of hydrogen-bond acceptors (Lipinski definition) is 2. The van der Waals surface area contributed by atoms with E-state index in [2.05, 4.69) is 22.9 Å². The van der Waals surface area contributed by atoms with E-state index in [1.807, 2.05) is 17.0 Å². The van der Waals surface area contributed by atoms with Gasteiger partial charge in [-0.3, -0.25) is 4.79 Å². The van der Waals surface area contributed by atoms with Crippen LogP contribution in [-0.4, -0.2) is 23.9 Å². The Morgan fingerprint density at radius 3 is 2.81 bits per heavy atom. The summed E-state index contributed by atoms with van der Waals surface area (Å²) < 4.78 is 1.03. The summed E-state index contributed by atoms with van der Waals surface area (Å²) in [6.07, 6.45) is 3.62. The maximum atomic E-state index is 12.2. The Kier molecular flexibility index (Phi) is 4.03. The molecule has 0 radical (unpaired) electrons. The molecule has 1 aromatic rings. The van der Waals surface area contributed by atoms with E-state index in [-0.39, 0.29) is 5.91 Å². The zero-order valence-electron chi connectivity index (χ0n) is 9.41. The van der Waals surface area contributed by atoms with Crippen LogP contribution in [0.5, 0.6) is 0 Å². The van der Waals surface area contributed by atoms with E-state index >= 15 is 0 Å². The van der Waals surface area contributed by atoms with Gasteiger partial charge in [-0.2, -0.15) is 0 Å². The number of amides is 1. The van der Waals surface area contributed by atoms with Crippen LogP contribution in [0, 0.1) is 5.92 Å². The quantitative estimate of drug-likeness (QED) is 0.810. The van der Waals surface area contributed by atoms with Crippen LogP contribution < -0.4 is 0 Å². The molecule has 1 fully saturated rings. The highest BCUT2D eigenvalue weighted by atomic mass is 79.9. The Labute approximate surface area is 109 Å². The van der Waals surface area contributed by atoms with E-state index in [1.54, 1.807) is 0 Å². The number of carbonyl (C=O) groups is 1. The van der Waals surface area contributed by atoms with Gasteiger partial charge in [0.15, 0.2) is 0 Å². The molecule has 2 nitrogen and oxygen atoms in total. The number of nitrogens with zero attached hydrogens (tertiary/aromatic N) is 1. The van der Waals surface area contributed by atoms with Gasteiger partial charge < -0.3 is 4.90 Å².